The van der Waals surface area contributed by atoms with Crippen LogP contribution in [0.4, 0.5) is 13.6 Å². The summed E-state index contributed by atoms with van der Waals surface area (Å²) in [5, 5.41) is 13.8. The number of fused-ring (bicyclic) bond motifs is 1. The minimum absolute atomic E-state index is 0.112. The van der Waals surface area contributed by atoms with Gasteiger partial charge in [0.25, 0.3) is 0 Å². The fraction of sp³-hybridized carbons (Fsp3) is 0.435. The number of nitrogens with one attached hydrogen (secondary N) is 1. The van der Waals surface area contributed by atoms with Crippen molar-refractivity contribution < 1.29 is 37.7 Å². The lowest BCUT2D eigenvalue weighted by Crippen LogP contribution is -2.77. The number of nitrogens with zero attached hydrogens (tertiary/aromatic N) is 2. The summed E-state index contributed by atoms with van der Waals surface area (Å²) in [5.74, 6) is -1.50. The van der Waals surface area contributed by atoms with E-state index < -0.39 is 42.0 Å². The summed E-state index contributed by atoms with van der Waals surface area (Å²) in [5.41, 5.74) is -0.323. The first-order valence-corrected chi connectivity index (χ1v) is 10.8. The van der Waals surface area contributed by atoms with Gasteiger partial charge < -0.3 is 24.6 Å². The molecule has 4 rings (SSSR count). The van der Waals surface area contributed by atoms with Crippen molar-refractivity contribution >= 4 is 12.0 Å². The Bertz CT molecular complexity index is 1080. The summed E-state index contributed by atoms with van der Waals surface area (Å²) in [4.78, 5) is 30.9. The number of esters is 1. The number of ether oxygens (including phenoxy) is 3. The van der Waals surface area contributed by atoms with Crippen LogP contribution in [0.5, 0.6) is 11.5 Å². The molecule has 9 nitrogen and oxygen atoms in total. The van der Waals surface area contributed by atoms with Crippen LogP contribution in [-0.2, 0) is 16.0 Å². The third-order valence-electron chi connectivity index (χ3n) is 6.07. The Morgan fingerprint density at radius 2 is 1.91 bits per heavy atom. The average Bonchev–Trinajstić information content (AvgIpc) is 3.09. The molecule has 11 heteroatoms. The second-order valence-electron chi connectivity index (χ2n) is 8.37. The lowest BCUT2D eigenvalue weighted by Gasteiger charge is -2.57. The average molecular weight is 477 g/mol. The number of carbonyl (C=O) groups excluding carboxylic acids is 2. The number of aromatic nitrogens is 1. The fourth-order valence-corrected chi connectivity index (χ4v) is 4.34. The number of rotatable bonds is 6. The highest BCUT2D eigenvalue weighted by Crippen LogP contribution is 2.44. The number of hydrogen-bond acceptors (Lipinski definition) is 7. The summed E-state index contributed by atoms with van der Waals surface area (Å²) in [6.07, 6.45) is -0.208. The zero-order valence-corrected chi connectivity index (χ0v) is 18.8. The Labute approximate surface area is 194 Å². The second-order valence-corrected chi connectivity index (χ2v) is 8.37. The number of hydrogen-bond donors (Lipinski definition) is 2. The van der Waals surface area contributed by atoms with E-state index in [1.54, 1.807) is 38.4 Å². The van der Waals surface area contributed by atoms with E-state index in [0.717, 1.165) is 10.5 Å². The van der Waals surface area contributed by atoms with E-state index in [1.165, 1.54) is 25.1 Å². The molecular weight excluding hydrogens is 452 g/mol. The van der Waals surface area contributed by atoms with E-state index in [1.807, 2.05) is 0 Å². The van der Waals surface area contributed by atoms with Gasteiger partial charge in [0.1, 0.15) is 11.8 Å². The van der Waals surface area contributed by atoms with Gasteiger partial charge in [-0.1, -0.05) is 6.07 Å². The number of urea groups is 1. The summed E-state index contributed by atoms with van der Waals surface area (Å²) >= 11 is 0. The number of alkyl halides is 2. The Kier molecular flexibility index (Phi) is 6.07. The number of halogens is 2. The quantitative estimate of drug-likeness (QED) is 0.616. The van der Waals surface area contributed by atoms with E-state index in [-0.39, 0.29) is 18.1 Å². The summed E-state index contributed by atoms with van der Waals surface area (Å²) < 4.78 is 40.6. The van der Waals surface area contributed by atoms with E-state index in [2.05, 4.69) is 19.8 Å². The van der Waals surface area contributed by atoms with Crippen LogP contribution in [0.3, 0.4) is 0 Å². The molecule has 0 aliphatic carbocycles. The lowest BCUT2D eigenvalue weighted by molar-refractivity contribution is -0.286. The summed E-state index contributed by atoms with van der Waals surface area (Å²) in [7, 11) is 0. The molecule has 2 aliphatic heterocycles. The zero-order chi connectivity index (χ0) is 24.7. The Hall–Kier alpha value is -3.47. The van der Waals surface area contributed by atoms with Gasteiger partial charge in [0.05, 0.1) is 12.6 Å². The Morgan fingerprint density at radius 3 is 2.59 bits per heavy atom. The molecule has 3 heterocycles. The van der Waals surface area contributed by atoms with Crippen molar-refractivity contribution in [1.29, 1.82) is 0 Å². The fourth-order valence-electron chi connectivity index (χ4n) is 4.34. The molecule has 34 heavy (non-hydrogen) atoms. The number of amides is 2. The molecule has 1 fully saturated rings. The molecule has 0 spiro atoms. The largest absolute Gasteiger partial charge is 0.586 e. The van der Waals surface area contributed by atoms with Gasteiger partial charge in [-0.25, -0.2) is 9.59 Å². The minimum atomic E-state index is -3.75. The van der Waals surface area contributed by atoms with Crippen molar-refractivity contribution in [3.63, 3.8) is 0 Å². The van der Waals surface area contributed by atoms with Crippen LogP contribution in [0.2, 0.25) is 0 Å². The highest BCUT2D eigenvalue weighted by atomic mass is 19.3. The van der Waals surface area contributed by atoms with Crippen LogP contribution in [0, 0.1) is 5.92 Å². The van der Waals surface area contributed by atoms with Crippen molar-refractivity contribution in [3.05, 3.63) is 53.9 Å². The lowest BCUT2D eigenvalue weighted by atomic mass is 9.73. The van der Waals surface area contributed by atoms with Crippen molar-refractivity contribution in [1.82, 2.24) is 15.2 Å². The van der Waals surface area contributed by atoms with Gasteiger partial charge in [-0.05, 0) is 62.6 Å². The van der Waals surface area contributed by atoms with E-state index in [0.29, 0.717) is 12.0 Å². The van der Waals surface area contributed by atoms with Gasteiger partial charge >= 0.3 is 18.3 Å². The maximum Gasteiger partial charge on any atom is 0.586 e. The van der Waals surface area contributed by atoms with Gasteiger partial charge in [-0.15, -0.1) is 8.78 Å². The first-order valence-electron chi connectivity index (χ1n) is 10.8. The first kappa shape index (κ1) is 23.7. The smallest absolute Gasteiger partial charge is 0.464 e. The molecule has 4 atom stereocenters. The molecule has 1 aromatic carbocycles. The van der Waals surface area contributed by atoms with Crippen LogP contribution in [0.1, 0.15) is 37.9 Å². The van der Waals surface area contributed by atoms with E-state index in [9.17, 15) is 23.5 Å². The summed E-state index contributed by atoms with van der Waals surface area (Å²) in [6.45, 7) is 4.87. The third-order valence-corrected chi connectivity index (χ3v) is 6.07. The van der Waals surface area contributed by atoms with Gasteiger partial charge in [-0.2, -0.15) is 0 Å². The van der Waals surface area contributed by atoms with Gasteiger partial charge in [-0.3, -0.25) is 9.88 Å². The molecule has 2 N–H and O–H groups in total. The van der Waals surface area contributed by atoms with Crippen LogP contribution >= 0.6 is 0 Å². The molecule has 0 bridgehead atoms. The molecular formula is C23H25F2N3O6. The van der Waals surface area contributed by atoms with Gasteiger partial charge in [0.15, 0.2) is 11.5 Å². The van der Waals surface area contributed by atoms with Crippen LogP contribution in [0.25, 0.3) is 0 Å². The number of pyridine rings is 1. The minimum Gasteiger partial charge on any atom is -0.464 e. The second kappa shape index (κ2) is 8.71. The van der Waals surface area contributed by atoms with Crippen LogP contribution in [0.15, 0.2) is 42.7 Å². The zero-order valence-electron chi connectivity index (χ0n) is 18.8. The maximum absolute atomic E-state index is 13.3. The Morgan fingerprint density at radius 1 is 1.24 bits per heavy atom. The molecule has 2 aliphatic rings. The monoisotopic (exact) mass is 477 g/mol. The summed E-state index contributed by atoms with van der Waals surface area (Å²) in [6, 6.07) is 5.34. The van der Waals surface area contributed by atoms with Crippen molar-refractivity contribution in [2.75, 3.05) is 6.61 Å². The molecule has 1 aromatic heterocycles. The predicted octanol–water partition coefficient (Wildman–Crippen LogP) is 2.99. The van der Waals surface area contributed by atoms with Gasteiger partial charge in [0, 0.05) is 18.3 Å². The van der Waals surface area contributed by atoms with Crippen LogP contribution < -0.4 is 14.8 Å². The number of likely N-dealkylation sites (tertiary alicyclic amines) is 1. The van der Waals surface area contributed by atoms with Crippen molar-refractivity contribution in [2.24, 2.45) is 5.92 Å². The molecule has 182 valence electrons. The predicted molar refractivity (Wildman–Crippen MR) is 114 cm³/mol. The normalized spacial score (nSPS) is 25.3. The van der Waals surface area contributed by atoms with Crippen molar-refractivity contribution in [3.8, 4) is 11.5 Å². The number of aliphatic hydroxyl groups is 1. The van der Waals surface area contributed by atoms with E-state index >= 15 is 0 Å². The SMILES string of the molecule is CCOC(=O)[C@@H]1[C@@H](Cc2ccncc2)C(C)(O)N1C(=O)N[C@H](C)c1ccc2c(c1)OC(F)(F)O2. The number of benzene rings is 1. The molecule has 1 unspecified atom stereocenters. The maximum atomic E-state index is 13.3. The highest BCUT2D eigenvalue weighted by Gasteiger charge is 2.62. The molecule has 0 radical (unpaired) electrons. The molecule has 2 aromatic rings. The third kappa shape index (κ3) is 4.35. The van der Waals surface area contributed by atoms with Crippen LogP contribution in [-0.4, -0.2) is 51.7 Å². The number of carbonyl (C=O) groups is 2. The van der Waals surface area contributed by atoms with E-state index in [4.69, 9.17) is 4.74 Å². The molecule has 1 saturated heterocycles. The van der Waals surface area contributed by atoms with Gasteiger partial charge in [0.2, 0.25) is 0 Å². The standard InChI is InChI=1S/C23H25F2N3O6/c1-4-32-20(29)19-16(11-14-7-9-26-10-8-14)22(3,31)28(19)21(30)27-13(2)15-5-6-17-18(12-15)34-23(24,25)33-17/h5-10,12-13,16,19,31H,4,11H2,1-3H3,(H,27,30)/t13-,16-,19+,22?/m1/s1. The van der Waals surface area contributed by atoms with Crippen molar-refractivity contribution in [2.45, 2.75) is 51.3 Å². The molecule has 0 saturated carbocycles. The topological polar surface area (TPSA) is 110 Å². The molecule has 2 amide bonds. The Balaban J connectivity index is 1.51. The highest BCUT2D eigenvalue weighted by molar-refractivity contribution is 5.87. The first-order chi connectivity index (χ1) is 16.0.